The third-order valence-corrected chi connectivity index (χ3v) is 5.12. The Hall–Kier alpha value is -2.19. The van der Waals surface area contributed by atoms with E-state index in [2.05, 4.69) is 17.6 Å². The Morgan fingerprint density at radius 2 is 2.04 bits per heavy atom. The maximum absolute atomic E-state index is 12.5. The molecular formula is C20H31N3O4S. The van der Waals surface area contributed by atoms with Crippen molar-refractivity contribution >= 4 is 35.1 Å². The zero-order valence-electron chi connectivity index (χ0n) is 17.4. The number of alkyl carbamates (subject to hydrolysis) is 1. The van der Waals surface area contributed by atoms with Gasteiger partial charge in [0.25, 0.3) is 0 Å². The maximum atomic E-state index is 12.5. The number of fused-ring (bicyclic) bond motifs is 1. The number of nitrogens with one attached hydrogen (secondary N) is 2. The summed E-state index contributed by atoms with van der Waals surface area (Å²) in [5.74, 6) is 0.158. The number of aliphatic hydroxyl groups excluding tert-OH is 1. The Bertz CT molecular complexity index is 741. The number of aliphatic hydroxyl groups is 1. The van der Waals surface area contributed by atoms with Crippen LogP contribution in [0.15, 0.2) is 28.7 Å². The number of nitrogens with two attached hydrogens (primary N) is 1. The molecule has 2 rings (SSSR count). The molecule has 0 aromatic heterocycles. The molecule has 0 radical (unpaired) electrons. The van der Waals surface area contributed by atoms with Gasteiger partial charge in [0.15, 0.2) is 0 Å². The first kappa shape index (κ1) is 23.8. The molecule has 1 aromatic rings. The van der Waals surface area contributed by atoms with E-state index in [1.807, 2.05) is 25.1 Å². The van der Waals surface area contributed by atoms with Crippen LogP contribution in [0, 0.1) is 0 Å². The number of anilines is 1. The number of carbonyl (C=O) groups is 2. The van der Waals surface area contributed by atoms with Gasteiger partial charge in [0, 0.05) is 23.5 Å². The Labute approximate surface area is 171 Å². The van der Waals surface area contributed by atoms with Gasteiger partial charge in [-0.15, -0.1) is 11.8 Å². The van der Waals surface area contributed by atoms with Crippen LogP contribution in [0.2, 0.25) is 0 Å². The smallest absolute Gasteiger partial charge is 0.408 e. The fraction of sp³-hybridized carbons (Fsp3) is 0.500. The SMILES string of the molecule is CCC(C)=C(N)c1ccc2c(c1)NC(=O)[C@@H](NC(=O)OC(C)(C)C)CS2.CO. The highest BCUT2D eigenvalue weighted by Crippen LogP contribution is 2.33. The summed E-state index contributed by atoms with van der Waals surface area (Å²) in [6.45, 7) is 9.39. The van der Waals surface area contributed by atoms with Crippen molar-refractivity contribution in [3.63, 3.8) is 0 Å². The molecule has 2 amide bonds. The molecule has 156 valence electrons. The van der Waals surface area contributed by atoms with Crippen molar-refractivity contribution in [3.8, 4) is 0 Å². The molecule has 1 heterocycles. The number of hydrogen-bond donors (Lipinski definition) is 4. The molecule has 0 spiro atoms. The monoisotopic (exact) mass is 409 g/mol. The van der Waals surface area contributed by atoms with Crippen molar-refractivity contribution in [3.05, 3.63) is 29.3 Å². The van der Waals surface area contributed by atoms with Crippen molar-refractivity contribution in [2.24, 2.45) is 5.73 Å². The van der Waals surface area contributed by atoms with Crippen molar-refractivity contribution in [1.82, 2.24) is 5.32 Å². The van der Waals surface area contributed by atoms with E-state index in [0.29, 0.717) is 11.4 Å². The summed E-state index contributed by atoms with van der Waals surface area (Å²) in [5.41, 5.74) is 8.99. The van der Waals surface area contributed by atoms with E-state index < -0.39 is 17.7 Å². The third-order valence-electron chi connectivity index (χ3n) is 3.95. The number of rotatable bonds is 3. The Kier molecular flexibility index (Phi) is 8.84. The average Bonchev–Trinajstić information content (AvgIpc) is 2.78. The minimum Gasteiger partial charge on any atom is -0.444 e. The highest BCUT2D eigenvalue weighted by Gasteiger charge is 2.28. The largest absolute Gasteiger partial charge is 0.444 e. The van der Waals surface area contributed by atoms with E-state index in [9.17, 15) is 9.59 Å². The van der Waals surface area contributed by atoms with Gasteiger partial charge in [-0.25, -0.2) is 4.79 Å². The second-order valence-corrected chi connectivity index (χ2v) is 8.32. The molecule has 0 saturated heterocycles. The summed E-state index contributed by atoms with van der Waals surface area (Å²) in [6, 6.07) is 5.11. The fourth-order valence-corrected chi connectivity index (χ4v) is 3.39. The lowest BCUT2D eigenvalue weighted by Gasteiger charge is -2.22. The Morgan fingerprint density at radius 3 is 2.61 bits per heavy atom. The van der Waals surface area contributed by atoms with Crippen LogP contribution in [0.5, 0.6) is 0 Å². The van der Waals surface area contributed by atoms with Crippen molar-refractivity contribution in [1.29, 1.82) is 0 Å². The van der Waals surface area contributed by atoms with Gasteiger partial charge in [-0.1, -0.05) is 18.6 Å². The summed E-state index contributed by atoms with van der Waals surface area (Å²) in [5, 5.41) is 12.5. The lowest BCUT2D eigenvalue weighted by Crippen LogP contribution is -2.46. The van der Waals surface area contributed by atoms with E-state index in [0.717, 1.165) is 35.3 Å². The van der Waals surface area contributed by atoms with E-state index in [-0.39, 0.29) is 5.91 Å². The van der Waals surface area contributed by atoms with Crippen molar-refractivity contribution < 1.29 is 19.4 Å². The number of benzene rings is 1. The van der Waals surface area contributed by atoms with Crippen LogP contribution >= 0.6 is 11.8 Å². The molecule has 0 saturated carbocycles. The van der Waals surface area contributed by atoms with Crippen LogP contribution in [-0.2, 0) is 9.53 Å². The zero-order chi connectivity index (χ0) is 21.5. The second kappa shape index (κ2) is 10.4. The summed E-state index contributed by atoms with van der Waals surface area (Å²) in [7, 11) is 1.00. The molecule has 1 aliphatic heterocycles. The van der Waals surface area contributed by atoms with Gasteiger partial charge in [0.1, 0.15) is 11.6 Å². The number of carbonyl (C=O) groups excluding carboxylic acids is 2. The Morgan fingerprint density at radius 1 is 1.39 bits per heavy atom. The van der Waals surface area contributed by atoms with Gasteiger partial charge in [-0.05, 0) is 51.8 Å². The first-order valence-electron chi connectivity index (χ1n) is 9.08. The van der Waals surface area contributed by atoms with Crippen LogP contribution in [-0.4, -0.2) is 41.6 Å². The van der Waals surface area contributed by atoms with E-state index in [1.54, 1.807) is 20.8 Å². The van der Waals surface area contributed by atoms with Gasteiger partial charge in [0.2, 0.25) is 5.91 Å². The molecule has 7 nitrogen and oxygen atoms in total. The highest BCUT2D eigenvalue weighted by atomic mass is 32.2. The molecule has 5 N–H and O–H groups in total. The summed E-state index contributed by atoms with van der Waals surface area (Å²) in [6.07, 6.45) is 0.266. The first-order chi connectivity index (χ1) is 13.1. The van der Waals surface area contributed by atoms with E-state index >= 15 is 0 Å². The van der Waals surface area contributed by atoms with Crippen LogP contribution in [0.25, 0.3) is 5.70 Å². The van der Waals surface area contributed by atoms with Gasteiger partial charge in [0.05, 0.1) is 5.69 Å². The number of allylic oxidation sites excluding steroid dienone is 1. The van der Waals surface area contributed by atoms with Gasteiger partial charge < -0.3 is 26.2 Å². The van der Waals surface area contributed by atoms with E-state index in [1.165, 1.54) is 11.8 Å². The van der Waals surface area contributed by atoms with Gasteiger partial charge in [-0.2, -0.15) is 0 Å². The third kappa shape index (κ3) is 6.76. The molecule has 0 fully saturated rings. The molecule has 1 aliphatic rings. The maximum Gasteiger partial charge on any atom is 0.408 e. The molecule has 1 aromatic carbocycles. The zero-order valence-corrected chi connectivity index (χ0v) is 18.2. The van der Waals surface area contributed by atoms with Crippen molar-refractivity contribution in [2.45, 2.75) is 57.6 Å². The molecule has 0 unspecified atom stereocenters. The second-order valence-electron chi connectivity index (χ2n) is 7.26. The topological polar surface area (TPSA) is 114 Å². The predicted octanol–water partition coefficient (Wildman–Crippen LogP) is 3.33. The summed E-state index contributed by atoms with van der Waals surface area (Å²) >= 11 is 1.51. The standard InChI is InChI=1S/C19H27N3O3S.CH4O/c1-6-11(2)16(20)12-7-8-15-13(9-12)21-17(23)14(10-26-15)22-18(24)25-19(3,4)5;1-2/h7-9,14H,6,10,20H2,1-5H3,(H,21,23)(H,22,24);2H,1H3/t14-;/m0./s1. The highest BCUT2D eigenvalue weighted by molar-refractivity contribution is 7.99. The van der Waals surface area contributed by atoms with Gasteiger partial charge in [-0.3, -0.25) is 4.79 Å². The Balaban J connectivity index is 0.00000190. The minimum atomic E-state index is -0.670. The normalized spacial score (nSPS) is 17.1. The molecule has 0 aliphatic carbocycles. The van der Waals surface area contributed by atoms with Gasteiger partial charge >= 0.3 is 6.09 Å². The molecule has 8 heteroatoms. The van der Waals surface area contributed by atoms with Crippen LogP contribution in [0.3, 0.4) is 0 Å². The fourth-order valence-electron chi connectivity index (χ4n) is 2.38. The predicted molar refractivity (Wildman–Crippen MR) is 114 cm³/mol. The average molecular weight is 410 g/mol. The van der Waals surface area contributed by atoms with E-state index in [4.69, 9.17) is 15.6 Å². The van der Waals surface area contributed by atoms with Crippen LogP contribution in [0.4, 0.5) is 10.5 Å². The number of thioether (sulfide) groups is 1. The quantitative estimate of drug-likeness (QED) is 0.609. The first-order valence-corrected chi connectivity index (χ1v) is 10.1. The number of amides is 2. The molecule has 1 atom stereocenters. The molecule has 28 heavy (non-hydrogen) atoms. The van der Waals surface area contributed by atoms with Crippen LogP contribution < -0.4 is 16.4 Å². The summed E-state index contributed by atoms with van der Waals surface area (Å²) in [4.78, 5) is 25.4. The number of ether oxygens (including phenoxy) is 1. The molecular weight excluding hydrogens is 378 g/mol. The lowest BCUT2D eigenvalue weighted by molar-refractivity contribution is -0.117. The minimum absolute atomic E-state index is 0.269. The van der Waals surface area contributed by atoms with Crippen molar-refractivity contribution in [2.75, 3.05) is 18.2 Å². The molecule has 0 bridgehead atoms. The summed E-state index contributed by atoms with van der Waals surface area (Å²) < 4.78 is 5.23. The number of hydrogen-bond acceptors (Lipinski definition) is 6. The lowest BCUT2D eigenvalue weighted by atomic mass is 10.1. The van der Waals surface area contributed by atoms with Crippen LogP contribution in [0.1, 0.15) is 46.6 Å².